The quantitative estimate of drug-likeness (QED) is 0.729. The molecule has 0 spiro atoms. The van der Waals surface area contributed by atoms with E-state index in [0.717, 1.165) is 22.8 Å². The molecule has 0 atom stereocenters. The van der Waals surface area contributed by atoms with Gasteiger partial charge in [0, 0.05) is 24.2 Å². The Morgan fingerprint density at radius 3 is 2.89 bits per heavy atom. The summed E-state index contributed by atoms with van der Waals surface area (Å²) < 4.78 is 0. The average Bonchev–Trinajstić information content (AvgIpc) is 2.88. The summed E-state index contributed by atoms with van der Waals surface area (Å²) in [5.74, 6) is 0. The maximum Gasteiger partial charge on any atom is 0.108 e. The van der Waals surface area contributed by atoms with Gasteiger partial charge < -0.3 is 0 Å². The second kappa shape index (κ2) is 5.28. The third-order valence-corrected chi connectivity index (χ3v) is 3.66. The molecule has 0 saturated carbocycles. The summed E-state index contributed by atoms with van der Waals surface area (Å²) in [6, 6.07) is 8.53. The van der Waals surface area contributed by atoms with Crippen molar-refractivity contribution in [3.63, 3.8) is 0 Å². The zero-order chi connectivity index (χ0) is 13.1. The molecule has 0 bridgehead atoms. The number of rotatable bonds is 3. The Labute approximate surface area is 116 Å². The number of nitrogens with zero attached hydrogens (tertiary/aromatic N) is 3. The van der Waals surface area contributed by atoms with E-state index in [1.165, 1.54) is 11.1 Å². The van der Waals surface area contributed by atoms with Crippen molar-refractivity contribution in [2.45, 2.75) is 13.3 Å². The van der Waals surface area contributed by atoms with Crippen LogP contribution >= 0.6 is 11.3 Å². The molecule has 3 nitrogen and oxygen atoms in total. The number of thiazole rings is 1. The molecule has 0 saturated heterocycles. The molecule has 19 heavy (non-hydrogen) atoms. The first-order chi connectivity index (χ1) is 9.31. The predicted octanol–water partition coefficient (Wildman–Crippen LogP) is 3.50. The highest BCUT2D eigenvalue weighted by molar-refractivity contribution is 7.10. The highest BCUT2D eigenvalue weighted by Crippen LogP contribution is 2.21. The number of benzene rings is 1. The molecular formula is C15H13N3S. The van der Waals surface area contributed by atoms with Crippen molar-refractivity contribution >= 4 is 11.3 Å². The lowest BCUT2D eigenvalue weighted by atomic mass is 10.1. The highest BCUT2D eigenvalue weighted by Gasteiger charge is 2.06. The van der Waals surface area contributed by atoms with E-state index in [2.05, 4.69) is 46.1 Å². The number of hydrogen-bond acceptors (Lipinski definition) is 4. The summed E-state index contributed by atoms with van der Waals surface area (Å²) in [5.41, 5.74) is 4.30. The van der Waals surface area contributed by atoms with E-state index in [1.807, 2.05) is 5.38 Å². The summed E-state index contributed by atoms with van der Waals surface area (Å²) in [6.07, 6.45) is 5.97. The molecule has 0 amide bonds. The van der Waals surface area contributed by atoms with Gasteiger partial charge in [0.2, 0.25) is 0 Å². The van der Waals surface area contributed by atoms with Crippen LogP contribution in [-0.2, 0) is 6.42 Å². The van der Waals surface area contributed by atoms with E-state index >= 15 is 0 Å². The van der Waals surface area contributed by atoms with Crippen LogP contribution in [0.1, 0.15) is 16.1 Å². The zero-order valence-corrected chi connectivity index (χ0v) is 11.4. The second-order valence-corrected chi connectivity index (χ2v) is 5.33. The molecule has 94 valence electrons. The number of aryl methyl sites for hydroxylation is 1. The lowest BCUT2D eigenvalue weighted by Crippen LogP contribution is -1.89. The van der Waals surface area contributed by atoms with E-state index in [0.29, 0.717) is 0 Å². The minimum absolute atomic E-state index is 0.828. The van der Waals surface area contributed by atoms with Crippen LogP contribution in [0.5, 0.6) is 0 Å². The molecule has 3 rings (SSSR count). The first-order valence-electron chi connectivity index (χ1n) is 6.07. The van der Waals surface area contributed by atoms with E-state index < -0.39 is 0 Å². The molecule has 4 heteroatoms. The van der Waals surface area contributed by atoms with Crippen LogP contribution in [0.2, 0.25) is 0 Å². The fourth-order valence-electron chi connectivity index (χ4n) is 1.94. The van der Waals surface area contributed by atoms with E-state index in [1.54, 1.807) is 29.9 Å². The monoisotopic (exact) mass is 267 g/mol. The van der Waals surface area contributed by atoms with Crippen LogP contribution in [0.25, 0.3) is 11.4 Å². The fraction of sp³-hybridized carbons (Fsp3) is 0.133. The minimum Gasteiger partial charge on any atom is -0.261 e. The van der Waals surface area contributed by atoms with Gasteiger partial charge in [-0.2, -0.15) is 0 Å². The average molecular weight is 267 g/mol. The minimum atomic E-state index is 0.828. The highest BCUT2D eigenvalue weighted by atomic mass is 32.1. The molecule has 0 N–H and O–H groups in total. The summed E-state index contributed by atoms with van der Waals surface area (Å²) in [4.78, 5) is 13.0. The molecule has 2 aromatic heterocycles. The van der Waals surface area contributed by atoms with Gasteiger partial charge in [0.1, 0.15) is 11.4 Å². The summed E-state index contributed by atoms with van der Waals surface area (Å²) in [6.45, 7) is 2.11. The van der Waals surface area contributed by atoms with Crippen LogP contribution in [-0.4, -0.2) is 15.0 Å². The van der Waals surface area contributed by atoms with Gasteiger partial charge in [-0.05, 0) is 12.5 Å². The number of aromatic nitrogens is 3. The Hall–Kier alpha value is -2.07. The second-order valence-electron chi connectivity index (χ2n) is 4.38. The van der Waals surface area contributed by atoms with Gasteiger partial charge in [0.25, 0.3) is 0 Å². The van der Waals surface area contributed by atoms with Crippen LogP contribution < -0.4 is 0 Å². The third kappa shape index (κ3) is 2.85. The largest absolute Gasteiger partial charge is 0.261 e. The van der Waals surface area contributed by atoms with E-state index in [9.17, 15) is 0 Å². The maximum atomic E-state index is 4.62. The predicted molar refractivity (Wildman–Crippen MR) is 77.1 cm³/mol. The standard InChI is InChI=1S/C15H13N3S/c1-11-3-2-4-12(7-11)8-15-18-14(10-19-15)13-9-16-5-6-17-13/h2-7,9-10H,8H2,1H3. The van der Waals surface area contributed by atoms with Crippen molar-refractivity contribution in [3.8, 4) is 11.4 Å². The van der Waals surface area contributed by atoms with Crippen molar-refractivity contribution in [1.29, 1.82) is 0 Å². The Balaban J connectivity index is 1.82. The van der Waals surface area contributed by atoms with Gasteiger partial charge in [-0.1, -0.05) is 29.8 Å². The van der Waals surface area contributed by atoms with E-state index in [-0.39, 0.29) is 0 Å². The smallest absolute Gasteiger partial charge is 0.108 e. The molecule has 3 aromatic rings. The van der Waals surface area contributed by atoms with Crippen molar-refractivity contribution in [3.05, 3.63) is 64.4 Å². The van der Waals surface area contributed by atoms with Gasteiger partial charge in [-0.25, -0.2) is 4.98 Å². The maximum absolute atomic E-state index is 4.62. The fourth-order valence-corrected chi connectivity index (χ4v) is 2.76. The third-order valence-electron chi connectivity index (χ3n) is 2.82. The van der Waals surface area contributed by atoms with Gasteiger partial charge in [-0.3, -0.25) is 9.97 Å². The molecular weight excluding hydrogens is 254 g/mol. The molecule has 0 aliphatic carbocycles. The SMILES string of the molecule is Cc1cccc(Cc2nc(-c3cnccn3)cs2)c1. The summed E-state index contributed by atoms with van der Waals surface area (Å²) in [5, 5.41) is 3.14. The van der Waals surface area contributed by atoms with Gasteiger partial charge in [0.05, 0.1) is 11.2 Å². The van der Waals surface area contributed by atoms with Crippen LogP contribution in [0, 0.1) is 6.92 Å². The van der Waals surface area contributed by atoms with Crippen LogP contribution in [0.15, 0.2) is 48.2 Å². The Kier molecular flexibility index (Phi) is 3.33. The molecule has 0 radical (unpaired) electrons. The molecule has 1 aromatic carbocycles. The van der Waals surface area contributed by atoms with Gasteiger partial charge in [-0.15, -0.1) is 11.3 Å². The van der Waals surface area contributed by atoms with Crippen molar-refractivity contribution in [2.24, 2.45) is 0 Å². The zero-order valence-electron chi connectivity index (χ0n) is 10.6. The van der Waals surface area contributed by atoms with Crippen LogP contribution in [0.3, 0.4) is 0 Å². The lowest BCUT2D eigenvalue weighted by Gasteiger charge is -1.99. The number of hydrogen-bond donors (Lipinski definition) is 0. The Morgan fingerprint density at radius 2 is 2.11 bits per heavy atom. The lowest BCUT2D eigenvalue weighted by molar-refractivity contribution is 1.12. The topological polar surface area (TPSA) is 38.7 Å². The van der Waals surface area contributed by atoms with Crippen molar-refractivity contribution in [2.75, 3.05) is 0 Å². The molecule has 0 aliphatic rings. The summed E-state index contributed by atoms with van der Waals surface area (Å²) in [7, 11) is 0. The first kappa shape index (κ1) is 12.0. The van der Waals surface area contributed by atoms with E-state index in [4.69, 9.17) is 0 Å². The Bertz CT molecular complexity index is 677. The van der Waals surface area contributed by atoms with Gasteiger partial charge >= 0.3 is 0 Å². The van der Waals surface area contributed by atoms with Crippen LogP contribution in [0.4, 0.5) is 0 Å². The Morgan fingerprint density at radius 1 is 1.16 bits per heavy atom. The molecule has 0 unspecified atom stereocenters. The van der Waals surface area contributed by atoms with Gasteiger partial charge in [0.15, 0.2) is 0 Å². The molecule has 0 aliphatic heterocycles. The van der Waals surface area contributed by atoms with Crippen molar-refractivity contribution in [1.82, 2.24) is 15.0 Å². The molecule has 2 heterocycles. The first-order valence-corrected chi connectivity index (χ1v) is 6.95. The van der Waals surface area contributed by atoms with Crippen molar-refractivity contribution < 1.29 is 0 Å². The summed E-state index contributed by atoms with van der Waals surface area (Å²) >= 11 is 1.67. The normalized spacial score (nSPS) is 10.6. The molecule has 0 fully saturated rings.